The van der Waals surface area contributed by atoms with Gasteiger partial charge in [-0.05, 0) is 98.5 Å². The van der Waals surface area contributed by atoms with Crippen LogP contribution >= 0.6 is 0 Å². The van der Waals surface area contributed by atoms with E-state index in [2.05, 4.69) is 9.98 Å². The number of pyridine rings is 1. The summed E-state index contributed by atoms with van der Waals surface area (Å²) in [5.74, 6) is 0. The van der Waals surface area contributed by atoms with Crippen LogP contribution < -0.4 is 0 Å². The van der Waals surface area contributed by atoms with Gasteiger partial charge in [0.2, 0.25) is 0 Å². The van der Waals surface area contributed by atoms with E-state index >= 15 is 0 Å². The molecule has 5 rings (SSSR count). The number of nitrogens with zero attached hydrogens (tertiary/aromatic N) is 3. The van der Waals surface area contributed by atoms with Crippen molar-refractivity contribution in [3.63, 3.8) is 0 Å². The quantitative estimate of drug-likeness (QED) is 0.277. The summed E-state index contributed by atoms with van der Waals surface area (Å²) < 4.78 is 120. The first-order valence-electron chi connectivity index (χ1n) is 12.7. The molecule has 0 bridgehead atoms. The summed E-state index contributed by atoms with van der Waals surface area (Å²) in [7, 11) is 0. The third kappa shape index (κ3) is 6.31. The van der Waals surface area contributed by atoms with Crippen LogP contribution in [-0.2, 0) is 31.4 Å². The van der Waals surface area contributed by atoms with Crippen molar-refractivity contribution in [3.8, 4) is 0 Å². The van der Waals surface area contributed by atoms with Crippen molar-refractivity contribution in [2.45, 2.75) is 64.0 Å². The van der Waals surface area contributed by atoms with Crippen LogP contribution in [0, 0.1) is 6.92 Å². The van der Waals surface area contributed by atoms with Crippen LogP contribution in [0.3, 0.4) is 0 Å². The lowest BCUT2D eigenvalue weighted by molar-refractivity contribution is -0.143. The summed E-state index contributed by atoms with van der Waals surface area (Å²) >= 11 is 0. The van der Waals surface area contributed by atoms with Crippen molar-refractivity contribution in [3.05, 3.63) is 87.2 Å². The Bertz CT molecular complexity index is 1530. The van der Waals surface area contributed by atoms with Gasteiger partial charge in [0.05, 0.1) is 50.9 Å². The molecule has 2 aromatic carbocycles. The summed E-state index contributed by atoms with van der Waals surface area (Å²) in [6, 6.07) is 6.56. The van der Waals surface area contributed by atoms with E-state index in [1.807, 2.05) is 6.07 Å². The zero-order chi connectivity index (χ0) is 29.7. The molecule has 1 aromatic heterocycles. The maximum absolute atomic E-state index is 13.4. The van der Waals surface area contributed by atoms with Crippen LogP contribution in [0.25, 0.3) is 0 Å². The highest BCUT2D eigenvalue weighted by Gasteiger charge is 2.37. The fourth-order valence-corrected chi connectivity index (χ4v) is 5.14. The minimum Gasteiger partial charge on any atom is -0.251 e. The van der Waals surface area contributed by atoms with Gasteiger partial charge in [0.25, 0.3) is 0 Å². The van der Waals surface area contributed by atoms with Gasteiger partial charge in [0, 0.05) is 0 Å². The Morgan fingerprint density at radius 2 is 0.951 bits per heavy atom. The highest BCUT2D eigenvalue weighted by molar-refractivity contribution is 6.06. The Hall–Kier alpha value is -3.70. The lowest BCUT2D eigenvalue weighted by Crippen LogP contribution is -2.21. The Kier molecular flexibility index (Phi) is 7.23. The van der Waals surface area contributed by atoms with Crippen LogP contribution in [-0.4, -0.2) is 16.4 Å². The number of aromatic nitrogens is 1. The van der Waals surface area contributed by atoms with E-state index in [-0.39, 0.29) is 23.9 Å². The van der Waals surface area contributed by atoms with Crippen molar-refractivity contribution >= 4 is 22.8 Å². The summed E-state index contributed by atoms with van der Waals surface area (Å²) in [5.41, 5.74) is -0.709. The second-order valence-electron chi connectivity index (χ2n) is 10.1. The van der Waals surface area contributed by atoms with Crippen LogP contribution in [0.4, 0.5) is 50.9 Å². The molecular weight excluding hydrogens is 561 g/mol. The van der Waals surface area contributed by atoms with Crippen LogP contribution in [0.1, 0.15) is 70.5 Å². The molecule has 0 fully saturated rings. The Morgan fingerprint density at radius 1 is 0.537 bits per heavy atom. The third-order valence-corrected chi connectivity index (χ3v) is 6.94. The van der Waals surface area contributed by atoms with Gasteiger partial charge in [-0.25, -0.2) is 4.98 Å². The highest BCUT2D eigenvalue weighted by atomic mass is 19.4. The maximum Gasteiger partial charge on any atom is 0.416 e. The number of hydrogen-bond donors (Lipinski definition) is 0. The lowest BCUT2D eigenvalue weighted by atomic mass is 9.87. The molecular formula is C29H22F9N3. The van der Waals surface area contributed by atoms with Crippen LogP contribution in [0.5, 0.6) is 0 Å². The van der Waals surface area contributed by atoms with Gasteiger partial charge in [0.1, 0.15) is 0 Å². The average molecular weight is 583 g/mol. The SMILES string of the molecule is Cc1cc(N=C2CCCc3cc4c(nc32)C(=Nc2cc(C(F)(F)F)cc(C(F)(F)F)c2)CCC4)cc(C(F)(F)F)c1. The van der Waals surface area contributed by atoms with E-state index in [1.165, 1.54) is 13.0 Å². The average Bonchev–Trinajstić information content (AvgIpc) is 2.86. The Balaban J connectivity index is 1.61. The minimum atomic E-state index is -5.01. The van der Waals surface area contributed by atoms with E-state index in [0.29, 0.717) is 66.9 Å². The second kappa shape index (κ2) is 10.3. The molecule has 3 nitrogen and oxygen atoms in total. The number of rotatable bonds is 2. The van der Waals surface area contributed by atoms with Crippen LogP contribution in [0.15, 0.2) is 52.4 Å². The number of halogens is 9. The Labute approximate surface area is 228 Å². The van der Waals surface area contributed by atoms with E-state index in [0.717, 1.165) is 23.3 Å². The van der Waals surface area contributed by atoms with E-state index < -0.39 is 40.9 Å². The van der Waals surface area contributed by atoms with Gasteiger partial charge in [-0.2, -0.15) is 39.5 Å². The second-order valence-corrected chi connectivity index (χ2v) is 10.1. The smallest absolute Gasteiger partial charge is 0.251 e. The van der Waals surface area contributed by atoms with E-state index in [9.17, 15) is 39.5 Å². The third-order valence-electron chi connectivity index (χ3n) is 6.94. The standard InChI is InChI=1S/C29H22F9N3/c1-15-8-18(27(30,31)32)12-21(9-15)39-23-6-2-4-16-10-17-5-3-7-24(26(17)41-25(16)23)40-22-13-19(28(33,34)35)11-20(14-22)29(36,37)38/h8-14H,2-7H2,1H3. The van der Waals surface area contributed by atoms with E-state index in [1.54, 1.807) is 0 Å². The van der Waals surface area contributed by atoms with Crippen molar-refractivity contribution in [2.75, 3.05) is 0 Å². The number of benzene rings is 2. The molecule has 0 saturated carbocycles. The van der Waals surface area contributed by atoms with Crippen LogP contribution in [0.2, 0.25) is 0 Å². The van der Waals surface area contributed by atoms with Crippen molar-refractivity contribution in [1.82, 2.24) is 4.98 Å². The normalized spacial score (nSPS) is 18.0. The first-order chi connectivity index (χ1) is 19.1. The van der Waals surface area contributed by atoms with Gasteiger partial charge in [-0.1, -0.05) is 6.07 Å². The van der Waals surface area contributed by atoms with Crippen molar-refractivity contribution in [2.24, 2.45) is 9.98 Å². The molecule has 216 valence electrons. The van der Waals surface area contributed by atoms with Gasteiger partial charge in [0.15, 0.2) is 0 Å². The molecule has 0 atom stereocenters. The molecule has 0 unspecified atom stereocenters. The molecule has 0 spiro atoms. The number of aryl methyl sites for hydroxylation is 3. The van der Waals surface area contributed by atoms with Gasteiger partial charge < -0.3 is 0 Å². The summed E-state index contributed by atoms with van der Waals surface area (Å²) in [6.07, 6.45) is -11.4. The zero-order valence-corrected chi connectivity index (χ0v) is 21.5. The number of alkyl halides is 9. The molecule has 0 N–H and O–H groups in total. The minimum absolute atomic E-state index is 0.0470. The van der Waals surface area contributed by atoms with Crippen molar-refractivity contribution in [1.29, 1.82) is 0 Å². The molecule has 0 saturated heterocycles. The predicted octanol–water partition coefficient (Wildman–Crippen LogP) is 9.36. The molecule has 0 amide bonds. The molecule has 2 aliphatic rings. The summed E-state index contributed by atoms with van der Waals surface area (Å²) in [6.45, 7) is 1.53. The summed E-state index contributed by atoms with van der Waals surface area (Å²) in [4.78, 5) is 13.4. The monoisotopic (exact) mass is 583 g/mol. The first-order valence-corrected chi connectivity index (χ1v) is 12.7. The number of aliphatic imine (C=N–C) groups is 2. The first kappa shape index (κ1) is 28.8. The molecule has 0 radical (unpaired) electrons. The fourth-order valence-electron chi connectivity index (χ4n) is 5.14. The largest absolute Gasteiger partial charge is 0.416 e. The molecule has 12 heteroatoms. The molecule has 0 aliphatic heterocycles. The molecule has 41 heavy (non-hydrogen) atoms. The predicted molar refractivity (Wildman–Crippen MR) is 135 cm³/mol. The Morgan fingerprint density at radius 3 is 1.39 bits per heavy atom. The van der Waals surface area contributed by atoms with Gasteiger partial charge in [-0.3, -0.25) is 9.98 Å². The molecule has 3 aromatic rings. The fraction of sp³-hybridized carbons (Fsp3) is 0.345. The van der Waals surface area contributed by atoms with Gasteiger partial charge >= 0.3 is 18.5 Å². The number of fused-ring (bicyclic) bond motifs is 2. The number of hydrogen-bond acceptors (Lipinski definition) is 3. The highest BCUT2D eigenvalue weighted by Crippen LogP contribution is 2.39. The zero-order valence-electron chi connectivity index (χ0n) is 21.5. The van der Waals surface area contributed by atoms with Crippen molar-refractivity contribution < 1.29 is 39.5 Å². The topological polar surface area (TPSA) is 37.6 Å². The molecule has 2 aliphatic carbocycles. The van der Waals surface area contributed by atoms with Gasteiger partial charge in [-0.15, -0.1) is 0 Å². The summed E-state index contributed by atoms with van der Waals surface area (Å²) in [5, 5.41) is 0. The molecule has 1 heterocycles. The maximum atomic E-state index is 13.4. The lowest BCUT2D eigenvalue weighted by Gasteiger charge is -2.24. The van der Waals surface area contributed by atoms with E-state index in [4.69, 9.17) is 4.98 Å².